The van der Waals surface area contributed by atoms with E-state index in [1.54, 1.807) is 20.8 Å². The van der Waals surface area contributed by atoms with Crippen LogP contribution in [0, 0.1) is 28.1 Å². The van der Waals surface area contributed by atoms with E-state index >= 15 is 0 Å². The third-order valence-corrected chi connectivity index (χ3v) is 8.95. The summed E-state index contributed by atoms with van der Waals surface area (Å²) < 4.78 is 22.2. The second kappa shape index (κ2) is 4.91. The van der Waals surface area contributed by atoms with Crippen LogP contribution < -0.4 is 0 Å². The SMILES string of the molecule is C[C@@H]1C(=O)OC2[C@H](O)C34C5OC(=O)C3(OC3OC(=O)[C@H](O)C34[C@H](C(C)(C)C)[C@H]5O)[C@]21O. The zero-order valence-electron chi connectivity index (χ0n) is 17.3. The first-order valence-electron chi connectivity index (χ1n) is 10.3. The summed E-state index contributed by atoms with van der Waals surface area (Å²) in [5.74, 6) is -5.22. The summed E-state index contributed by atoms with van der Waals surface area (Å²) in [5.41, 5.74) is -9.40. The third kappa shape index (κ3) is 1.43. The Morgan fingerprint density at radius 3 is 2.19 bits per heavy atom. The molecule has 6 fully saturated rings. The van der Waals surface area contributed by atoms with Gasteiger partial charge in [-0.05, 0) is 12.3 Å². The fraction of sp³-hybridized carbons (Fsp3) is 0.850. The number of fused-ring (bicyclic) bond motifs is 1. The molecule has 4 saturated heterocycles. The van der Waals surface area contributed by atoms with Crippen LogP contribution >= 0.6 is 0 Å². The van der Waals surface area contributed by atoms with Gasteiger partial charge in [-0.15, -0.1) is 0 Å². The molecule has 0 aromatic carbocycles. The lowest BCUT2D eigenvalue weighted by molar-refractivity contribution is -0.240. The second-order valence-corrected chi connectivity index (χ2v) is 10.8. The number of hydrogen-bond acceptors (Lipinski definition) is 11. The Labute approximate surface area is 176 Å². The van der Waals surface area contributed by atoms with Gasteiger partial charge in [0.05, 0.1) is 22.9 Å². The molecule has 0 aromatic heterocycles. The van der Waals surface area contributed by atoms with Crippen molar-refractivity contribution in [2.75, 3.05) is 0 Å². The average molecular weight is 440 g/mol. The fourth-order valence-electron chi connectivity index (χ4n) is 8.27. The molecular formula is C20H24O11. The molecular weight excluding hydrogens is 416 g/mol. The van der Waals surface area contributed by atoms with Gasteiger partial charge in [0.25, 0.3) is 0 Å². The van der Waals surface area contributed by atoms with Crippen LogP contribution in [0.2, 0.25) is 0 Å². The first-order valence-corrected chi connectivity index (χ1v) is 10.3. The van der Waals surface area contributed by atoms with E-state index in [1.807, 2.05) is 0 Å². The van der Waals surface area contributed by atoms with E-state index in [2.05, 4.69) is 0 Å². The summed E-state index contributed by atoms with van der Waals surface area (Å²) in [4.78, 5) is 38.3. The monoisotopic (exact) mass is 440 g/mol. The van der Waals surface area contributed by atoms with E-state index in [-0.39, 0.29) is 0 Å². The number of hydrogen-bond donors (Lipinski definition) is 4. The molecule has 0 aromatic rings. The van der Waals surface area contributed by atoms with E-state index in [4.69, 9.17) is 18.9 Å². The highest BCUT2D eigenvalue weighted by molar-refractivity contribution is 5.94. The molecule has 11 nitrogen and oxygen atoms in total. The Morgan fingerprint density at radius 2 is 1.58 bits per heavy atom. The van der Waals surface area contributed by atoms with Crippen molar-refractivity contribution in [3.05, 3.63) is 0 Å². The highest BCUT2D eigenvalue weighted by atomic mass is 16.8. The summed E-state index contributed by atoms with van der Waals surface area (Å²) in [7, 11) is 0. The van der Waals surface area contributed by atoms with Gasteiger partial charge >= 0.3 is 17.9 Å². The van der Waals surface area contributed by atoms with Crippen LogP contribution in [0.3, 0.4) is 0 Å². The fourth-order valence-corrected chi connectivity index (χ4v) is 8.27. The summed E-state index contributed by atoms with van der Waals surface area (Å²) >= 11 is 0. The van der Waals surface area contributed by atoms with Crippen molar-refractivity contribution >= 4 is 17.9 Å². The van der Waals surface area contributed by atoms with E-state index in [9.17, 15) is 34.8 Å². The van der Waals surface area contributed by atoms with Crippen LogP contribution in [0.15, 0.2) is 0 Å². The largest absolute Gasteiger partial charge is 0.456 e. The van der Waals surface area contributed by atoms with Gasteiger partial charge < -0.3 is 39.4 Å². The lowest BCUT2D eigenvalue weighted by atomic mass is 9.51. The number of carbonyl (C=O) groups is 3. The van der Waals surface area contributed by atoms with Crippen molar-refractivity contribution in [1.82, 2.24) is 0 Å². The molecule has 0 amide bonds. The molecule has 2 aliphatic carbocycles. The lowest BCUT2D eigenvalue weighted by Crippen LogP contribution is -2.67. The minimum absolute atomic E-state index is 0.792. The lowest BCUT2D eigenvalue weighted by Gasteiger charge is -2.47. The van der Waals surface area contributed by atoms with Gasteiger partial charge in [-0.3, -0.25) is 4.79 Å². The van der Waals surface area contributed by atoms with Gasteiger partial charge in [-0.1, -0.05) is 20.8 Å². The smallest absolute Gasteiger partial charge is 0.343 e. The van der Waals surface area contributed by atoms with Crippen LogP contribution in [-0.4, -0.2) is 86.3 Å². The third-order valence-electron chi connectivity index (χ3n) is 8.95. The molecule has 12 atom stereocenters. The van der Waals surface area contributed by atoms with E-state index in [0.29, 0.717) is 0 Å². The number of esters is 3. The Bertz CT molecular complexity index is 957. The van der Waals surface area contributed by atoms with E-state index in [1.165, 1.54) is 6.92 Å². The normalized spacial score (nSPS) is 61.0. The second-order valence-electron chi connectivity index (χ2n) is 10.8. The van der Waals surface area contributed by atoms with E-state index in [0.717, 1.165) is 0 Å². The van der Waals surface area contributed by atoms with Crippen molar-refractivity contribution in [3.8, 4) is 0 Å². The Hall–Kier alpha value is -1.79. The molecule has 2 saturated carbocycles. The van der Waals surface area contributed by atoms with Crippen molar-refractivity contribution in [1.29, 1.82) is 0 Å². The maximum atomic E-state index is 13.4. The van der Waals surface area contributed by atoms with Gasteiger partial charge in [0.2, 0.25) is 11.9 Å². The van der Waals surface area contributed by atoms with Gasteiger partial charge in [0.1, 0.15) is 12.2 Å². The number of carbonyl (C=O) groups excluding carboxylic acids is 3. The molecule has 2 spiro atoms. The van der Waals surface area contributed by atoms with Crippen LogP contribution in [0.1, 0.15) is 27.7 Å². The molecule has 4 aliphatic heterocycles. The molecule has 31 heavy (non-hydrogen) atoms. The molecule has 6 rings (SSSR count). The Balaban J connectivity index is 1.75. The van der Waals surface area contributed by atoms with Gasteiger partial charge in [0.15, 0.2) is 17.8 Å². The van der Waals surface area contributed by atoms with Crippen molar-refractivity contribution in [3.63, 3.8) is 0 Å². The number of ether oxygens (including phenoxy) is 4. The summed E-state index contributed by atoms with van der Waals surface area (Å²) in [6.45, 7) is 6.63. The highest BCUT2D eigenvalue weighted by Crippen LogP contribution is 2.84. The molecule has 4 N–H and O–H groups in total. The minimum atomic E-state index is -2.40. The van der Waals surface area contributed by atoms with Gasteiger partial charge in [-0.25, -0.2) is 9.59 Å². The molecule has 11 heteroatoms. The Kier molecular flexibility index (Phi) is 3.15. The number of aliphatic hydroxyl groups is 4. The zero-order valence-corrected chi connectivity index (χ0v) is 17.3. The first-order chi connectivity index (χ1) is 14.3. The molecule has 6 aliphatic rings. The zero-order chi connectivity index (χ0) is 22.7. The predicted octanol–water partition coefficient (Wildman–Crippen LogP) is -2.40. The summed E-state index contributed by atoms with van der Waals surface area (Å²) in [6, 6.07) is 0. The maximum absolute atomic E-state index is 13.4. The minimum Gasteiger partial charge on any atom is -0.456 e. The number of aliphatic hydroxyl groups excluding tert-OH is 3. The van der Waals surface area contributed by atoms with E-state index < -0.39 is 94.0 Å². The van der Waals surface area contributed by atoms with Crippen molar-refractivity contribution < 1.29 is 53.8 Å². The molecule has 6 unspecified atom stereocenters. The molecule has 170 valence electrons. The predicted molar refractivity (Wildman–Crippen MR) is 93.4 cm³/mol. The number of rotatable bonds is 0. The van der Waals surface area contributed by atoms with Crippen LogP contribution in [-0.2, 0) is 33.3 Å². The first kappa shape index (κ1) is 19.9. The molecule has 4 heterocycles. The summed E-state index contributed by atoms with van der Waals surface area (Å²) in [6.07, 6.45) is -9.69. The quantitative estimate of drug-likeness (QED) is 0.234. The van der Waals surface area contributed by atoms with Crippen LogP contribution in [0.4, 0.5) is 0 Å². The standard InChI is InChI=1S/C20H24O11/c1-5-12(24)28-11-8(22)18-10-6(21)7(16(2,3)4)17(18)9(23)13(25)30-15(17)31-20(18,14(26)29-10)19(5,11)27/h5-11,15,21-23,27H,1-4H3/t5-,6-,7+,8+,9+,10?,11?,15?,17?,18?,19-,20?/m1/s1. The average Bonchev–Trinajstić information content (AvgIpc) is 3.35. The Morgan fingerprint density at radius 1 is 0.935 bits per heavy atom. The highest BCUT2D eigenvalue weighted by Gasteiger charge is 3.05. The van der Waals surface area contributed by atoms with Gasteiger partial charge in [-0.2, -0.15) is 0 Å². The topological polar surface area (TPSA) is 169 Å². The van der Waals surface area contributed by atoms with Crippen LogP contribution in [0.25, 0.3) is 0 Å². The van der Waals surface area contributed by atoms with Gasteiger partial charge in [0, 0.05) is 5.92 Å². The molecule has 0 bridgehead atoms. The van der Waals surface area contributed by atoms with Crippen molar-refractivity contribution in [2.45, 2.75) is 75.7 Å². The summed E-state index contributed by atoms with van der Waals surface area (Å²) in [5, 5.41) is 46.1. The maximum Gasteiger partial charge on any atom is 0.343 e. The van der Waals surface area contributed by atoms with Crippen molar-refractivity contribution in [2.24, 2.45) is 28.1 Å². The molecule has 0 radical (unpaired) electrons. The van der Waals surface area contributed by atoms with Crippen LogP contribution in [0.5, 0.6) is 0 Å².